The quantitative estimate of drug-likeness (QED) is 0.371. The van der Waals surface area contributed by atoms with Crippen molar-refractivity contribution < 1.29 is 4.79 Å². The molecule has 1 aliphatic rings. The SMILES string of the molecule is C=CC=O.CNc1ccc(SN(C)CC2CCN(Cc3cccs3)CC2)cc1. The van der Waals surface area contributed by atoms with Crippen LogP contribution in [0.25, 0.3) is 0 Å². The number of hydrogen-bond acceptors (Lipinski definition) is 6. The van der Waals surface area contributed by atoms with Gasteiger partial charge in [-0.1, -0.05) is 12.6 Å². The summed E-state index contributed by atoms with van der Waals surface area (Å²) in [6.07, 6.45) is 4.46. The molecular formula is C22H31N3OS2. The van der Waals surface area contributed by atoms with Crippen LogP contribution in [0.15, 0.2) is 59.3 Å². The Labute approximate surface area is 177 Å². The lowest BCUT2D eigenvalue weighted by atomic mass is 9.97. The summed E-state index contributed by atoms with van der Waals surface area (Å²) in [7, 11) is 4.17. The van der Waals surface area contributed by atoms with Crippen molar-refractivity contribution in [2.75, 3.05) is 39.0 Å². The smallest absolute Gasteiger partial charge is 0.142 e. The normalized spacial score (nSPS) is 15.0. The predicted octanol–water partition coefficient (Wildman–Crippen LogP) is 5.01. The van der Waals surface area contributed by atoms with Gasteiger partial charge in [-0.25, -0.2) is 4.31 Å². The van der Waals surface area contributed by atoms with Crippen molar-refractivity contribution in [1.82, 2.24) is 9.21 Å². The van der Waals surface area contributed by atoms with Crippen LogP contribution in [0.1, 0.15) is 17.7 Å². The van der Waals surface area contributed by atoms with E-state index in [0.717, 1.165) is 12.5 Å². The first-order valence-electron chi connectivity index (χ1n) is 9.62. The molecule has 0 bridgehead atoms. The van der Waals surface area contributed by atoms with Crippen molar-refractivity contribution in [3.63, 3.8) is 0 Å². The predicted molar refractivity (Wildman–Crippen MR) is 123 cm³/mol. The standard InChI is InChI=1S/C19H27N3S2.C3H4O/c1-20-17-5-7-18(8-6-17)24-21(2)14-16-9-11-22(12-10-16)15-19-4-3-13-23-19;1-2-3-4/h3-8,13,16,20H,9-12,14-15H2,1-2H3;2-3H,1H2. The lowest BCUT2D eigenvalue weighted by Crippen LogP contribution is -2.36. The van der Waals surface area contributed by atoms with Crippen molar-refractivity contribution in [3.05, 3.63) is 59.3 Å². The van der Waals surface area contributed by atoms with Crippen molar-refractivity contribution >= 4 is 35.3 Å². The molecule has 0 atom stereocenters. The highest BCUT2D eigenvalue weighted by Crippen LogP contribution is 2.27. The molecule has 3 rings (SSSR count). The minimum absolute atomic E-state index is 0.639. The highest BCUT2D eigenvalue weighted by molar-refractivity contribution is 7.97. The summed E-state index contributed by atoms with van der Waals surface area (Å²) in [5.41, 5.74) is 1.17. The molecular weight excluding hydrogens is 386 g/mol. The largest absolute Gasteiger partial charge is 0.388 e. The van der Waals surface area contributed by atoms with Crippen LogP contribution in [-0.4, -0.2) is 49.2 Å². The minimum Gasteiger partial charge on any atom is -0.388 e. The minimum atomic E-state index is 0.639. The topological polar surface area (TPSA) is 35.6 Å². The summed E-state index contributed by atoms with van der Waals surface area (Å²) in [6, 6.07) is 13.1. The van der Waals surface area contributed by atoms with E-state index in [-0.39, 0.29) is 0 Å². The average molecular weight is 418 g/mol. The van der Waals surface area contributed by atoms with Gasteiger partial charge in [0.05, 0.1) is 0 Å². The molecule has 0 amide bonds. The van der Waals surface area contributed by atoms with E-state index in [1.807, 2.05) is 30.3 Å². The molecule has 2 heterocycles. The molecule has 2 aromatic rings. The summed E-state index contributed by atoms with van der Waals surface area (Å²) >= 11 is 3.73. The number of aldehydes is 1. The average Bonchev–Trinajstić information content (AvgIpc) is 3.23. The summed E-state index contributed by atoms with van der Waals surface area (Å²) in [4.78, 5) is 14.5. The summed E-state index contributed by atoms with van der Waals surface area (Å²) < 4.78 is 2.40. The molecule has 0 aliphatic carbocycles. The van der Waals surface area contributed by atoms with Gasteiger partial charge in [-0.3, -0.25) is 9.69 Å². The summed E-state index contributed by atoms with van der Waals surface area (Å²) in [5, 5.41) is 5.34. The summed E-state index contributed by atoms with van der Waals surface area (Å²) in [5.74, 6) is 0.818. The molecule has 6 heteroatoms. The molecule has 1 aromatic carbocycles. The molecule has 1 N–H and O–H groups in total. The Bertz CT molecular complexity index is 674. The molecule has 152 valence electrons. The van der Waals surface area contributed by atoms with E-state index in [2.05, 4.69) is 69.9 Å². The number of carbonyl (C=O) groups excluding carboxylic acids is 1. The first-order chi connectivity index (χ1) is 13.6. The number of nitrogens with one attached hydrogen (secondary N) is 1. The van der Waals surface area contributed by atoms with Gasteiger partial charge in [-0.2, -0.15) is 0 Å². The second kappa shape index (κ2) is 12.8. The number of nitrogens with zero attached hydrogens (tertiary/aromatic N) is 2. The first-order valence-corrected chi connectivity index (χ1v) is 11.3. The van der Waals surface area contributed by atoms with Crippen LogP contribution in [0, 0.1) is 5.92 Å². The molecule has 4 nitrogen and oxygen atoms in total. The zero-order valence-corrected chi connectivity index (χ0v) is 18.5. The van der Waals surface area contributed by atoms with E-state index in [1.165, 1.54) is 54.0 Å². The summed E-state index contributed by atoms with van der Waals surface area (Å²) in [6.45, 7) is 7.88. The Morgan fingerprint density at radius 1 is 1.29 bits per heavy atom. The van der Waals surface area contributed by atoms with Crippen molar-refractivity contribution in [1.29, 1.82) is 0 Å². The second-order valence-electron chi connectivity index (χ2n) is 6.85. The molecule has 28 heavy (non-hydrogen) atoms. The Hall–Kier alpha value is -1.60. The maximum absolute atomic E-state index is 9.06. The highest BCUT2D eigenvalue weighted by Gasteiger charge is 2.21. The van der Waals surface area contributed by atoms with Crippen LogP contribution in [0.4, 0.5) is 5.69 Å². The van der Waals surface area contributed by atoms with Gasteiger partial charge in [0, 0.05) is 35.6 Å². The lowest BCUT2D eigenvalue weighted by Gasteiger charge is -2.33. The molecule has 0 spiro atoms. The van der Waals surface area contributed by atoms with Gasteiger partial charge in [-0.15, -0.1) is 11.3 Å². The number of hydrogen-bond donors (Lipinski definition) is 1. The molecule has 1 saturated heterocycles. The molecule has 0 saturated carbocycles. The van der Waals surface area contributed by atoms with Crippen LogP contribution in [0.2, 0.25) is 0 Å². The molecule has 1 fully saturated rings. The highest BCUT2D eigenvalue weighted by atomic mass is 32.2. The Kier molecular flexibility index (Phi) is 10.4. The van der Waals surface area contributed by atoms with Gasteiger partial charge >= 0.3 is 0 Å². The van der Waals surface area contributed by atoms with Crippen LogP contribution in [0.5, 0.6) is 0 Å². The third-order valence-electron chi connectivity index (χ3n) is 4.68. The number of piperidine rings is 1. The maximum atomic E-state index is 9.06. The first kappa shape index (κ1) is 22.7. The number of carbonyl (C=O) groups is 1. The van der Waals surface area contributed by atoms with Gasteiger partial charge in [0.1, 0.15) is 6.29 Å². The Morgan fingerprint density at radius 2 is 1.96 bits per heavy atom. The Morgan fingerprint density at radius 3 is 2.50 bits per heavy atom. The molecule has 1 aromatic heterocycles. The zero-order valence-electron chi connectivity index (χ0n) is 16.8. The molecule has 1 aliphatic heterocycles. The fraction of sp³-hybridized carbons (Fsp3) is 0.409. The number of rotatable bonds is 8. The maximum Gasteiger partial charge on any atom is 0.142 e. The monoisotopic (exact) mass is 417 g/mol. The van der Waals surface area contributed by atoms with E-state index in [9.17, 15) is 0 Å². The number of allylic oxidation sites excluding steroid dienone is 1. The third-order valence-corrected chi connectivity index (χ3v) is 6.49. The van der Waals surface area contributed by atoms with Gasteiger partial charge in [0.15, 0.2) is 0 Å². The van der Waals surface area contributed by atoms with Gasteiger partial charge in [0.2, 0.25) is 0 Å². The van der Waals surface area contributed by atoms with E-state index in [1.54, 1.807) is 0 Å². The third kappa shape index (κ3) is 8.19. The van der Waals surface area contributed by atoms with E-state index >= 15 is 0 Å². The fourth-order valence-corrected chi connectivity index (χ4v) is 4.86. The van der Waals surface area contributed by atoms with Crippen LogP contribution >= 0.6 is 23.3 Å². The van der Waals surface area contributed by atoms with E-state index in [4.69, 9.17) is 4.79 Å². The van der Waals surface area contributed by atoms with Crippen LogP contribution in [-0.2, 0) is 11.3 Å². The van der Waals surface area contributed by atoms with Gasteiger partial charge < -0.3 is 5.32 Å². The fourth-order valence-electron chi connectivity index (χ4n) is 3.21. The van der Waals surface area contributed by atoms with Crippen molar-refractivity contribution in [2.24, 2.45) is 5.92 Å². The number of benzene rings is 1. The van der Waals surface area contributed by atoms with Crippen LogP contribution < -0.4 is 5.32 Å². The zero-order chi connectivity index (χ0) is 20.2. The van der Waals surface area contributed by atoms with Crippen molar-refractivity contribution in [2.45, 2.75) is 24.3 Å². The van der Waals surface area contributed by atoms with Gasteiger partial charge in [0.25, 0.3) is 0 Å². The van der Waals surface area contributed by atoms with Crippen LogP contribution in [0.3, 0.4) is 0 Å². The number of anilines is 1. The second-order valence-corrected chi connectivity index (χ2v) is 9.16. The van der Waals surface area contributed by atoms with E-state index in [0.29, 0.717) is 6.29 Å². The molecule has 0 unspecified atom stereocenters. The number of likely N-dealkylation sites (tertiary alicyclic amines) is 1. The molecule has 0 radical (unpaired) electrons. The van der Waals surface area contributed by atoms with Gasteiger partial charge in [-0.05, 0) is 92.6 Å². The van der Waals surface area contributed by atoms with Crippen molar-refractivity contribution in [3.8, 4) is 0 Å². The Balaban J connectivity index is 0.000000640. The lowest BCUT2D eigenvalue weighted by molar-refractivity contribution is -0.104. The van der Waals surface area contributed by atoms with E-state index < -0.39 is 0 Å². The number of thiophene rings is 1.